The lowest BCUT2D eigenvalue weighted by molar-refractivity contribution is 0.0384. The molecule has 0 unspecified atom stereocenters. The quantitative estimate of drug-likeness (QED) is 0.719. The molecule has 28 heavy (non-hydrogen) atoms. The summed E-state index contributed by atoms with van der Waals surface area (Å²) < 4.78 is 7.33. The molecule has 3 aromatic rings. The van der Waals surface area contributed by atoms with E-state index in [0.717, 1.165) is 50.6 Å². The Morgan fingerprint density at radius 1 is 1.07 bits per heavy atom. The summed E-state index contributed by atoms with van der Waals surface area (Å²) in [4.78, 5) is 19.2. The molecule has 1 saturated heterocycles. The minimum atomic E-state index is -0.213. The third-order valence-corrected chi connectivity index (χ3v) is 4.91. The zero-order valence-electron chi connectivity index (χ0n) is 15.8. The molecule has 1 aliphatic heterocycles. The molecule has 1 aliphatic rings. The summed E-state index contributed by atoms with van der Waals surface area (Å²) in [5, 5.41) is 2.93. The zero-order chi connectivity index (χ0) is 19.2. The first-order valence-electron chi connectivity index (χ1n) is 9.58. The molecular formula is C22H24N4O2. The number of morpholine rings is 1. The average Bonchev–Trinajstić information content (AvgIpc) is 3.29. The van der Waals surface area contributed by atoms with Gasteiger partial charge in [-0.1, -0.05) is 12.1 Å². The monoisotopic (exact) mass is 376 g/mol. The molecule has 0 saturated carbocycles. The molecule has 6 nitrogen and oxygen atoms in total. The number of anilines is 1. The molecule has 3 heterocycles. The van der Waals surface area contributed by atoms with E-state index in [-0.39, 0.29) is 5.91 Å². The van der Waals surface area contributed by atoms with Crippen molar-refractivity contribution < 1.29 is 9.53 Å². The van der Waals surface area contributed by atoms with Crippen molar-refractivity contribution in [1.29, 1.82) is 0 Å². The molecule has 1 fully saturated rings. The highest BCUT2D eigenvalue weighted by Crippen LogP contribution is 2.14. The minimum absolute atomic E-state index is 0.213. The molecule has 4 rings (SSSR count). The molecule has 2 aromatic heterocycles. The van der Waals surface area contributed by atoms with Crippen LogP contribution in [0.5, 0.6) is 0 Å². The number of carbonyl (C=O) groups is 1. The largest absolute Gasteiger partial charge is 0.379 e. The number of hydrogen-bond acceptors (Lipinski definition) is 4. The fourth-order valence-corrected chi connectivity index (χ4v) is 3.27. The zero-order valence-corrected chi connectivity index (χ0v) is 15.8. The van der Waals surface area contributed by atoms with Gasteiger partial charge in [0.05, 0.1) is 13.2 Å². The number of nitrogens with one attached hydrogen (secondary N) is 1. The van der Waals surface area contributed by atoms with E-state index in [1.165, 1.54) is 5.56 Å². The lowest BCUT2D eigenvalue weighted by Crippen LogP contribution is -2.37. The molecule has 144 valence electrons. The van der Waals surface area contributed by atoms with Gasteiger partial charge in [0.25, 0.3) is 5.91 Å². The second-order valence-corrected chi connectivity index (χ2v) is 6.84. The number of benzene rings is 1. The van der Waals surface area contributed by atoms with Gasteiger partial charge in [0.1, 0.15) is 5.69 Å². The molecule has 0 spiro atoms. The standard InChI is InChI=1S/C22H24N4O2/c27-22(21-17-20(7-9-23-21)26-10-1-2-11-26)24-19-5-3-18(4-6-19)8-12-25-13-15-28-16-14-25/h1-7,9-11,17H,8,12-16H2,(H,24,27). The summed E-state index contributed by atoms with van der Waals surface area (Å²) in [6.07, 6.45) is 6.52. The summed E-state index contributed by atoms with van der Waals surface area (Å²) in [7, 11) is 0. The van der Waals surface area contributed by atoms with Gasteiger partial charge < -0.3 is 14.6 Å². The van der Waals surface area contributed by atoms with Crippen LogP contribution >= 0.6 is 0 Å². The maximum absolute atomic E-state index is 12.6. The Bertz CT molecular complexity index is 901. The van der Waals surface area contributed by atoms with Gasteiger partial charge in [-0.25, -0.2) is 0 Å². The Labute approximate surface area is 164 Å². The second kappa shape index (κ2) is 8.82. The normalized spacial score (nSPS) is 14.7. The smallest absolute Gasteiger partial charge is 0.274 e. The van der Waals surface area contributed by atoms with Gasteiger partial charge in [-0.05, 0) is 48.4 Å². The third-order valence-electron chi connectivity index (χ3n) is 4.91. The Hall–Kier alpha value is -2.96. The van der Waals surface area contributed by atoms with Crippen molar-refractivity contribution in [2.45, 2.75) is 6.42 Å². The highest BCUT2D eigenvalue weighted by Gasteiger charge is 2.11. The van der Waals surface area contributed by atoms with Gasteiger partial charge in [-0.2, -0.15) is 0 Å². The van der Waals surface area contributed by atoms with Crippen molar-refractivity contribution in [3.05, 3.63) is 78.4 Å². The lowest BCUT2D eigenvalue weighted by atomic mass is 10.1. The summed E-state index contributed by atoms with van der Waals surface area (Å²) in [5.41, 5.74) is 3.33. The molecule has 6 heteroatoms. The topological polar surface area (TPSA) is 59.4 Å². The van der Waals surface area contributed by atoms with Gasteiger partial charge in [-0.15, -0.1) is 0 Å². The van der Waals surface area contributed by atoms with E-state index in [1.807, 2.05) is 47.3 Å². The first kappa shape index (κ1) is 18.4. The summed E-state index contributed by atoms with van der Waals surface area (Å²) in [6.45, 7) is 4.69. The number of hydrogen-bond donors (Lipinski definition) is 1. The Kier molecular flexibility index (Phi) is 5.80. The van der Waals surface area contributed by atoms with Crippen LogP contribution in [0.4, 0.5) is 5.69 Å². The Balaban J connectivity index is 1.35. The van der Waals surface area contributed by atoms with Gasteiger partial charge in [-0.3, -0.25) is 14.7 Å². The molecule has 0 atom stereocenters. The van der Waals surface area contributed by atoms with Crippen LogP contribution in [0.25, 0.3) is 5.69 Å². The van der Waals surface area contributed by atoms with Crippen LogP contribution in [0.15, 0.2) is 67.1 Å². The second-order valence-electron chi connectivity index (χ2n) is 6.84. The molecule has 0 bridgehead atoms. The van der Waals surface area contributed by atoms with E-state index in [1.54, 1.807) is 12.3 Å². The van der Waals surface area contributed by atoms with E-state index in [9.17, 15) is 4.79 Å². The molecule has 0 aliphatic carbocycles. The maximum atomic E-state index is 12.6. The van der Waals surface area contributed by atoms with Gasteiger partial charge in [0.15, 0.2) is 0 Å². The summed E-state index contributed by atoms with van der Waals surface area (Å²) in [5.74, 6) is -0.213. The van der Waals surface area contributed by atoms with E-state index in [2.05, 4.69) is 27.3 Å². The van der Waals surface area contributed by atoms with Crippen molar-refractivity contribution in [3.63, 3.8) is 0 Å². The number of rotatable bonds is 6. The summed E-state index contributed by atoms with van der Waals surface area (Å²) >= 11 is 0. The molecule has 0 radical (unpaired) electrons. The third kappa shape index (κ3) is 4.65. The first-order valence-corrected chi connectivity index (χ1v) is 9.58. The van der Waals surface area contributed by atoms with E-state index in [4.69, 9.17) is 4.74 Å². The molecule has 1 aromatic carbocycles. The number of pyridine rings is 1. The van der Waals surface area contributed by atoms with Crippen LogP contribution in [0.2, 0.25) is 0 Å². The average molecular weight is 376 g/mol. The van der Waals surface area contributed by atoms with Crippen LogP contribution in [0.1, 0.15) is 16.1 Å². The number of carbonyl (C=O) groups excluding carboxylic acids is 1. The predicted molar refractivity (Wildman–Crippen MR) is 109 cm³/mol. The van der Waals surface area contributed by atoms with Crippen LogP contribution in [0.3, 0.4) is 0 Å². The predicted octanol–water partition coefficient (Wildman–Crippen LogP) is 3.00. The number of amides is 1. The van der Waals surface area contributed by atoms with Gasteiger partial charge >= 0.3 is 0 Å². The molecule has 1 N–H and O–H groups in total. The summed E-state index contributed by atoms with van der Waals surface area (Å²) in [6, 6.07) is 15.6. The van der Waals surface area contributed by atoms with E-state index in [0.29, 0.717) is 5.69 Å². The molecular weight excluding hydrogens is 352 g/mol. The highest BCUT2D eigenvalue weighted by atomic mass is 16.5. The number of aromatic nitrogens is 2. The highest BCUT2D eigenvalue weighted by molar-refractivity contribution is 6.03. The minimum Gasteiger partial charge on any atom is -0.379 e. The van der Waals surface area contributed by atoms with E-state index < -0.39 is 0 Å². The maximum Gasteiger partial charge on any atom is 0.274 e. The van der Waals surface area contributed by atoms with Crippen LogP contribution < -0.4 is 5.32 Å². The van der Waals surface area contributed by atoms with Crippen LogP contribution in [-0.2, 0) is 11.2 Å². The Morgan fingerprint density at radius 2 is 1.82 bits per heavy atom. The molecule has 1 amide bonds. The van der Waals surface area contributed by atoms with Crippen molar-refractivity contribution in [1.82, 2.24) is 14.5 Å². The van der Waals surface area contributed by atoms with Crippen molar-refractivity contribution in [2.75, 3.05) is 38.2 Å². The van der Waals surface area contributed by atoms with Crippen LogP contribution in [0, 0.1) is 0 Å². The lowest BCUT2D eigenvalue weighted by Gasteiger charge is -2.26. The fraction of sp³-hybridized carbons (Fsp3) is 0.273. The van der Waals surface area contributed by atoms with Gasteiger partial charge in [0.2, 0.25) is 0 Å². The van der Waals surface area contributed by atoms with Crippen molar-refractivity contribution in [2.24, 2.45) is 0 Å². The van der Waals surface area contributed by atoms with Gasteiger partial charge in [0, 0.05) is 49.6 Å². The Morgan fingerprint density at radius 3 is 2.57 bits per heavy atom. The van der Waals surface area contributed by atoms with Crippen molar-refractivity contribution in [3.8, 4) is 5.69 Å². The SMILES string of the molecule is O=C(Nc1ccc(CCN2CCOCC2)cc1)c1cc(-n2cccc2)ccn1. The number of ether oxygens (including phenoxy) is 1. The van der Waals surface area contributed by atoms with E-state index >= 15 is 0 Å². The van der Waals surface area contributed by atoms with Crippen molar-refractivity contribution >= 4 is 11.6 Å². The van der Waals surface area contributed by atoms with Crippen LogP contribution in [-0.4, -0.2) is 53.2 Å². The first-order chi connectivity index (χ1) is 13.8. The fourth-order valence-electron chi connectivity index (χ4n) is 3.27. The number of nitrogens with zero attached hydrogens (tertiary/aromatic N) is 3.